The molecule has 94 valence electrons. The van der Waals surface area contributed by atoms with Crippen LogP contribution in [0.4, 0.5) is 0 Å². The van der Waals surface area contributed by atoms with Crippen LogP contribution >= 0.6 is 0 Å². The molecule has 0 aromatic heterocycles. The summed E-state index contributed by atoms with van der Waals surface area (Å²) >= 11 is 0. The molecule has 2 rings (SSSR count). The van der Waals surface area contributed by atoms with Crippen LogP contribution in [0.5, 0.6) is 0 Å². The molecule has 2 aliphatic rings. The maximum atomic E-state index is 12.6. The van der Waals surface area contributed by atoms with Crippen LogP contribution in [0, 0.1) is 22.7 Å². The lowest BCUT2D eigenvalue weighted by Crippen LogP contribution is -2.50. The maximum absolute atomic E-state index is 12.6. The van der Waals surface area contributed by atoms with Gasteiger partial charge in [0.15, 0.2) is 0 Å². The van der Waals surface area contributed by atoms with Gasteiger partial charge in [-0.15, -0.1) is 0 Å². The molecule has 1 saturated carbocycles. The number of hydrogen-bond acceptors (Lipinski definition) is 2. The standard InChI is InChI=1S/C14H22N2O/c1-11-5-6-12(2)16(9-11)13(17)14(10-15)7-3-4-8-14/h11-12H,3-9H2,1-2H3. The van der Waals surface area contributed by atoms with E-state index >= 15 is 0 Å². The van der Waals surface area contributed by atoms with Crippen molar-refractivity contribution >= 4 is 5.91 Å². The van der Waals surface area contributed by atoms with Gasteiger partial charge in [-0.05, 0) is 38.5 Å². The molecule has 2 atom stereocenters. The second-order valence-corrected chi connectivity index (χ2v) is 5.89. The van der Waals surface area contributed by atoms with Crippen molar-refractivity contribution < 1.29 is 4.79 Å². The fourth-order valence-corrected chi connectivity index (χ4v) is 3.20. The van der Waals surface area contributed by atoms with Crippen LogP contribution in [0.2, 0.25) is 0 Å². The molecular formula is C14H22N2O. The molecule has 0 spiro atoms. The van der Waals surface area contributed by atoms with Gasteiger partial charge < -0.3 is 4.90 Å². The molecule has 1 aliphatic heterocycles. The van der Waals surface area contributed by atoms with E-state index in [0.29, 0.717) is 12.0 Å². The zero-order valence-electron chi connectivity index (χ0n) is 10.9. The van der Waals surface area contributed by atoms with Gasteiger partial charge in [0.2, 0.25) is 5.91 Å². The van der Waals surface area contributed by atoms with Crippen molar-refractivity contribution in [1.82, 2.24) is 4.90 Å². The van der Waals surface area contributed by atoms with Gasteiger partial charge in [0.25, 0.3) is 0 Å². The summed E-state index contributed by atoms with van der Waals surface area (Å²) in [6, 6.07) is 2.63. The Morgan fingerprint density at radius 2 is 1.94 bits per heavy atom. The first-order valence-electron chi connectivity index (χ1n) is 6.81. The van der Waals surface area contributed by atoms with Gasteiger partial charge in [-0.1, -0.05) is 19.8 Å². The second kappa shape index (κ2) is 4.68. The number of rotatable bonds is 1. The van der Waals surface area contributed by atoms with Crippen molar-refractivity contribution in [3.63, 3.8) is 0 Å². The van der Waals surface area contributed by atoms with E-state index < -0.39 is 5.41 Å². The Labute approximate surface area is 104 Å². The summed E-state index contributed by atoms with van der Waals surface area (Å²) in [5.74, 6) is 0.684. The highest BCUT2D eigenvalue weighted by Gasteiger charge is 2.45. The van der Waals surface area contributed by atoms with Crippen LogP contribution in [0.3, 0.4) is 0 Å². The van der Waals surface area contributed by atoms with Gasteiger partial charge in [0.1, 0.15) is 5.41 Å². The SMILES string of the molecule is CC1CCC(C)N(C(=O)C2(C#N)CCCC2)C1. The Balaban J connectivity index is 2.15. The van der Waals surface area contributed by atoms with Gasteiger partial charge in [0, 0.05) is 12.6 Å². The Kier molecular flexibility index (Phi) is 3.42. The van der Waals surface area contributed by atoms with Crippen LogP contribution in [0.15, 0.2) is 0 Å². The van der Waals surface area contributed by atoms with Crippen LogP contribution in [-0.4, -0.2) is 23.4 Å². The van der Waals surface area contributed by atoms with Crippen molar-refractivity contribution in [3.8, 4) is 6.07 Å². The monoisotopic (exact) mass is 234 g/mol. The van der Waals surface area contributed by atoms with Gasteiger partial charge in [0.05, 0.1) is 6.07 Å². The fraction of sp³-hybridized carbons (Fsp3) is 0.857. The van der Waals surface area contributed by atoms with E-state index in [9.17, 15) is 10.1 Å². The maximum Gasteiger partial charge on any atom is 0.243 e. The number of amides is 1. The number of carbonyl (C=O) groups excluding carboxylic acids is 1. The third-order valence-electron chi connectivity index (χ3n) is 4.46. The minimum Gasteiger partial charge on any atom is -0.338 e. The largest absolute Gasteiger partial charge is 0.338 e. The predicted octanol–water partition coefficient (Wildman–Crippen LogP) is 2.72. The van der Waals surface area contributed by atoms with E-state index in [0.717, 1.165) is 38.6 Å². The number of nitriles is 1. The van der Waals surface area contributed by atoms with E-state index in [2.05, 4.69) is 19.9 Å². The summed E-state index contributed by atoms with van der Waals surface area (Å²) in [6.07, 6.45) is 5.85. The fourth-order valence-electron chi connectivity index (χ4n) is 3.20. The second-order valence-electron chi connectivity index (χ2n) is 5.89. The zero-order chi connectivity index (χ0) is 12.5. The average molecular weight is 234 g/mol. The Morgan fingerprint density at radius 3 is 2.53 bits per heavy atom. The first-order valence-corrected chi connectivity index (χ1v) is 6.81. The smallest absolute Gasteiger partial charge is 0.243 e. The molecule has 1 heterocycles. The van der Waals surface area contributed by atoms with Crippen molar-refractivity contribution in [3.05, 3.63) is 0 Å². The minimum atomic E-state index is -0.689. The first kappa shape index (κ1) is 12.4. The number of nitrogens with zero attached hydrogens (tertiary/aromatic N) is 2. The average Bonchev–Trinajstić information content (AvgIpc) is 2.81. The molecule has 17 heavy (non-hydrogen) atoms. The first-order chi connectivity index (χ1) is 8.09. The van der Waals surface area contributed by atoms with Crippen molar-refractivity contribution in [1.29, 1.82) is 5.26 Å². The molecule has 0 aromatic carbocycles. The molecule has 2 unspecified atom stereocenters. The van der Waals surface area contributed by atoms with E-state index in [1.807, 2.05) is 4.90 Å². The van der Waals surface area contributed by atoms with E-state index in [4.69, 9.17) is 0 Å². The lowest BCUT2D eigenvalue weighted by atomic mass is 9.84. The third-order valence-corrected chi connectivity index (χ3v) is 4.46. The summed E-state index contributed by atoms with van der Waals surface area (Å²) in [5, 5.41) is 9.37. The van der Waals surface area contributed by atoms with Crippen LogP contribution in [0.25, 0.3) is 0 Å². The summed E-state index contributed by atoms with van der Waals surface area (Å²) in [6.45, 7) is 5.15. The Hall–Kier alpha value is -1.04. The molecule has 0 aromatic rings. The van der Waals surface area contributed by atoms with Gasteiger partial charge >= 0.3 is 0 Å². The molecule has 3 heteroatoms. The highest BCUT2D eigenvalue weighted by Crippen LogP contribution is 2.40. The molecule has 1 amide bonds. The highest BCUT2D eigenvalue weighted by atomic mass is 16.2. The molecule has 1 saturated heterocycles. The number of likely N-dealkylation sites (tertiary alicyclic amines) is 1. The van der Waals surface area contributed by atoms with Gasteiger partial charge in [-0.25, -0.2) is 0 Å². The molecule has 0 bridgehead atoms. The lowest BCUT2D eigenvalue weighted by molar-refractivity contribution is -0.143. The molecule has 2 fully saturated rings. The summed E-state index contributed by atoms with van der Waals surface area (Å²) < 4.78 is 0. The molecule has 0 N–H and O–H groups in total. The Morgan fingerprint density at radius 1 is 1.29 bits per heavy atom. The molecular weight excluding hydrogens is 212 g/mol. The normalized spacial score (nSPS) is 32.2. The Bertz CT molecular complexity index is 339. The van der Waals surface area contributed by atoms with Crippen molar-refractivity contribution in [2.75, 3.05) is 6.54 Å². The van der Waals surface area contributed by atoms with Crippen molar-refractivity contribution in [2.24, 2.45) is 11.3 Å². The molecule has 3 nitrogen and oxygen atoms in total. The van der Waals surface area contributed by atoms with Gasteiger partial charge in [-0.2, -0.15) is 5.26 Å². The van der Waals surface area contributed by atoms with E-state index in [1.54, 1.807) is 0 Å². The van der Waals surface area contributed by atoms with Gasteiger partial charge in [-0.3, -0.25) is 4.79 Å². The highest BCUT2D eigenvalue weighted by molar-refractivity contribution is 5.86. The predicted molar refractivity (Wildman–Crippen MR) is 66.1 cm³/mol. The van der Waals surface area contributed by atoms with E-state index in [1.165, 1.54) is 6.42 Å². The number of carbonyl (C=O) groups is 1. The van der Waals surface area contributed by atoms with Crippen LogP contribution < -0.4 is 0 Å². The topological polar surface area (TPSA) is 44.1 Å². The quantitative estimate of drug-likeness (QED) is 0.700. The van der Waals surface area contributed by atoms with Crippen LogP contribution in [-0.2, 0) is 4.79 Å². The van der Waals surface area contributed by atoms with Crippen molar-refractivity contribution in [2.45, 2.75) is 58.4 Å². The van der Waals surface area contributed by atoms with Crippen LogP contribution in [0.1, 0.15) is 52.4 Å². The summed E-state index contributed by atoms with van der Waals surface area (Å²) in [4.78, 5) is 14.6. The minimum absolute atomic E-state index is 0.108. The summed E-state index contributed by atoms with van der Waals surface area (Å²) in [5.41, 5.74) is -0.689. The molecule has 0 radical (unpaired) electrons. The lowest BCUT2D eigenvalue weighted by Gasteiger charge is -2.40. The molecule has 1 aliphatic carbocycles. The zero-order valence-corrected chi connectivity index (χ0v) is 10.9. The third kappa shape index (κ3) is 2.18. The number of piperidine rings is 1. The number of hydrogen-bond donors (Lipinski definition) is 0. The van der Waals surface area contributed by atoms with E-state index in [-0.39, 0.29) is 5.91 Å². The summed E-state index contributed by atoms with van der Waals surface area (Å²) in [7, 11) is 0.